The van der Waals surface area contributed by atoms with Crippen molar-refractivity contribution in [1.29, 1.82) is 0 Å². The number of benzene rings is 1. The van der Waals surface area contributed by atoms with Gasteiger partial charge in [-0.15, -0.1) is 0 Å². The topological polar surface area (TPSA) is 78.6 Å². The molecule has 0 spiro atoms. The molecule has 2 heterocycles. The number of rotatable bonds is 4. The number of phenols is 1. The second-order valence-corrected chi connectivity index (χ2v) is 6.71. The lowest BCUT2D eigenvalue weighted by molar-refractivity contribution is -0.135. The number of hydrogen-bond donors (Lipinski definition) is 2. The van der Waals surface area contributed by atoms with E-state index in [1.807, 2.05) is 10.8 Å². The summed E-state index contributed by atoms with van der Waals surface area (Å²) in [6.45, 7) is 1.54. The maximum atomic E-state index is 12.4. The number of nitrogens with zero attached hydrogens (tertiary/aromatic N) is 3. The van der Waals surface area contributed by atoms with Crippen LogP contribution in [0.3, 0.4) is 0 Å². The van der Waals surface area contributed by atoms with E-state index in [-0.39, 0.29) is 23.1 Å². The SMILES string of the molecule is O=C(Cc1ccc(O)c(Cl)c1)N1CCC(O)(Cn2ccnc2)CC1. The van der Waals surface area contributed by atoms with Crippen LogP contribution in [0.25, 0.3) is 0 Å². The molecule has 7 heteroatoms. The summed E-state index contributed by atoms with van der Waals surface area (Å²) in [5, 5.41) is 20.3. The first-order chi connectivity index (χ1) is 11.5. The molecule has 1 aliphatic rings. The van der Waals surface area contributed by atoms with Gasteiger partial charge < -0.3 is 19.7 Å². The molecule has 128 valence electrons. The van der Waals surface area contributed by atoms with E-state index in [9.17, 15) is 15.0 Å². The highest BCUT2D eigenvalue weighted by Gasteiger charge is 2.34. The van der Waals surface area contributed by atoms with Gasteiger partial charge in [-0.3, -0.25) is 4.79 Å². The normalized spacial score (nSPS) is 17.0. The number of halogens is 1. The lowest BCUT2D eigenvalue weighted by atomic mass is 9.91. The van der Waals surface area contributed by atoms with Crippen LogP contribution in [0.5, 0.6) is 5.75 Å². The van der Waals surface area contributed by atoms with Gasteiger partial charge in [-0.2, -0.15) is 0 Å². The van der Waals surface area contributed by atoms with Gasteiger partial charge >= 0.3 is 0 Å². The number of piperidine rings is 1. The Morgan fingerprint density at radius 3 is 2.71 bits per heavy atom. The van der Waals surface area contributed by atoms with Crippen molar-refractivity contribution in [3.8, 4) is 5.75 Å². The molecule has 6 nitrogen and oxygen atoms in total. The first-order valence-corrected chi connectivity index (χ1v) is 8.26. The summed E-state index contributed by atoms with van der Waals surface area (Å²) in [4.78, 5) is 18.2. The maximum Gasteiger partial charge on any atom is 0.226 e. The second kappa shape index (κ2) is 6.83. The fourth-order valence-electron chi connectivity index (χ4n) is 3.00. The highest BCUT2D eigenvalue weighted by Crippen LogP contribution is 2.26. The zero-order chi connectivity index (χ0) is 17.2. The van der Waals surface area contributed by atoms with Crippen LogP contribution in [0.15, 0.2) is 36.9 Å². The first kappa shape index (κ1) is 16.8. The third-order valence-corrected chi connectivity index (χ3v) is 4.75. The van der Waals surface area contributed by atoms with E-state index in [0.717, 1.165) is 5.56 Å². The van der Waals surface area contributed by atoms with Crippen LogP contribution in [-0.4, -0.2) is 49.3 Å². The monoisotopic (exact) mass is 349 g/mol. The van der Waals surface area contributed by atoms with E-state index in [1.165, 1.54) is 6.07 Å². The lowest BCUT2D eigenvalue weighted by Crippen LogP contribution is -2.48. The standard InChI is InChI=1S/C17H20ClN3O3/c18-14-9-13(1-2-15(14)22)10-16(23)21-6-3-17(24,4-7-21)11-20-8-5-19-12-20/h1-2,5,8-9,12,22,24H,3-4,6-7,10-11H2. The Hall–Kier alpha value is -2.05. The number of likely N-dealkylation sites (tertiary alicyclic amines) is 1. The molecule has 1 amide bonds. The molecule has 1 aromatic carbocycles. The third-order valence-electron chi connectivity index (χ3n) is 4.45. The summed E-state index contributed by atoms with van der Waals surface area (Å²) < 4.78 is 1.86. The maximum absolute atomic E-state index is 12.4. The Balaban J connectivity index is 1.55. The van der Waals surface area contributed by atoms with E-state index < -0.39 is 5.60 Å². The van der Waals surface area contributed by atoms with E-state index in [4.69, 9.17) is 11.6 Å². The summed E-state index contributed by atoms with van der Waals surface area (Å²) in [7, 11) is 0. The zero-order valence-corrected chi connectivity index (χ0v) is 14.0. The highest BCUT2D eigenvalue weighted by atomic mass is 35.5. The fraction of sp³-hybridized carbons (Fsp3) is 0.412. The Labute approximate surface area is 145 Å². The van der Waals surface area contributed by atoms with E-state index in [1.54, 1.807) is 29.6 Å². The number of hydrogen-bond acceptors (Lipinski definition) is 4. The van der Waals surface area contributed by atoms with Gasteiger partial charge in [0, 0.05) is 25.5 Å². The summed E-state index contributed by atoms with van der Waals surface area (Å²) in [5.41, 5.74) is -0.0404. The molecule has 2 aromatic rings. The highest BCUT2D eigenvalue weighted by molar-refractivity contribution is 6.32. The van der Waals surface area contributed by atoms with Crippen LogP contribution >= 0.6 is 11.6 Å². The van der Waals surface area contributed by atoms with Crippen molar-refractivity contribution in [1.82, 2.24) is 14.5 Å². The van der Waals surface area contributed by atoms with Gasteiger partial charge in [0.1, 0.15) is 5.75 Å². The van der Waals surface area contributed by atoms with Gasteiger partial charge in [-0.05, 0) is 30.5 Å². The predicted molar refractivity (Wildman–Crippen MR) is 89.8 cm³/mol. The number of aromatic hydroxyl groups is 1. The van der Waals surface area contributed by atoms with Gasteiger partial charge in [0.2, 0.25) is 5.91 Å². The molecule has 1 saturated heterocycles. The van der Waals surface area contributed by atoms with Crippen molar-refractivity contribution in [2.75, 3.05) is 13.1 Å². The molecule has 3 rings (SSSR count). The van der Waals surface area contributed by atoms with Crippen molar-refractivity contribution < 1.29 is 15.0 Å². The second-order valence-electron chi connectivity index (χ2n) is 6.30. The molecule has 0 atom stereocenters. The minimum atomic E-state index is -0.806. The van der Waals surface area contributed by atoms with Crippen LogP contribution in [0.2, 0.25) is 5.02 Å². The molecule has 1 aromatic heterocycles. The van der Waals surface area contributed by atoms with Gasteiger partial charge in [-0.1, -0.05) is 17.7 Å². The summed E-state index contributed by atoms with van der Waals surface area (Å²) in [5.74, 6) is 0.0110. The number of aromatic nitrogens is 2. The Kier molecular flexibility index (Phi) is 4.78. The molecule has 24 heavy (non-hydrogen) atoms. The quantitative estimate of drug-likeness (QED) is 0.882. The van der Waals surface area contributed by atoms with Crippen LogP contribution in [-0.2, 0) is 17.8 Å². The van der Waals surface area contributed by atoms with Crippen molar-refractivity contribution in [3.05, 3.63) is 47.5 Å². The van der Waals surface area contributed by atoms with Crippen LogP contribution in [0, 0.1) is 0 Å². The smallest absolute Gasteiger partial charge is 0.226 e. The summed E-state index contributed by atoms with van der Waals surface area (Å²) in [6.07, 6.45) is 6.50. The molecule has 1 fully saturated rings. The van der Waals surface area contributed by atoms with Crippen LogP contribution in [0.4, 0.5) is 0 Å². The number of carbonyl (C=O) groups excluding carboxylic acids is 1. The molecule has 0 radical (unpaired) electrons. The molecule has 0 saturated carbocycles. The molecule has 0 bridgehead atoms. The average molecular weight is 350 g/mol. The van der Waals surface area contributed by atoms with Crippen LogP contribution < -0.4 is 0 Å². The fourth-order valence-corrected chi connectivity index (χ4v) is 3.20. The lowest BCUT2D eigenvalue weighted by Gasteiger charge is -2.38. The Bertz CT molecular complexity index is 710. The number of imidazole rings is 1. The molecular formula is C17H20ClN3O3. The average Bonchev–Trinajstić information content (AvgIpc) is 3.04. The van der Waals surface area contributed by atoms with Gasteiger partial charge in [0.25, 0.3) is 0 Å². The number of amides is 1. The summed E-state index contributed by atoms with van der Waals surface area (Å²) >= 11 is 5.87. The van der Waals surface area contributed by atoms with Gasteiger partial charge in [-0.25, -0.2) is 4.98 Å². The van der Waals surface area contributed by atoms with E-state index >= 15 is 0 Å². The largest absolute Gasteiger partial charge is 0.506 e. The number of carbonyl (C=O) groups is 1. The van der Waals surface area contributed by atoms with Crippen LogP contribution in [0.1, 0.15) is 18.4 Å². The molecule has 2 N–H and O–H groups in total. The Morgan fingerprint density at radius 2 is 2.08 bits per heavy atom. The van der Waals surface area contributed by atoms with E-state index in [2.05, 4.69) is 4.98 Å². The van der Waals surface area contributed by atoms with Crippen molar-refractivity contribution >= 4 is 17.5 Å². The number of aliphatic hydroxyl groups is 1. The number of phenolic OH excluding ortho intramolecular Hbond substituents is 1. The first-order valence-electron chi connectivity index (χ1n) is 7.88. The van der Waals surface area contributed by atoms with Crippen molar-refractivity contribution in [2.24, 2.45) is 0 Å². The molecule has 0 aliphatic carbocycles. The van der Waals surface area contributed by atoms with Crippen molar-refractivity contribution in [2.45, 2.75) is 31.4 Å². The predicted octanol–water partition coefficient (Wildman–Crippen LogP) is 1.84. The molecular weight excluding hydrogens is 330 g/mol. The van der Waals surface area contributed by atoms with E-state index in [0.29, 0.717) is 32.5 Å². The summed E-state index contributed by atoms with van der Waals surface area (Å²) in [6, 6.07) is 4.79. The molecule has 0 unspecified atom stereocenters. The van der Waals surface area contributed by atoms with Gasteiger partial charge in [0.05, 0.1) is 29.9 Å². The minimum absolute atomic E-state index is 0.00133. The third kappa shape index (κ3) is 3.88. The Morgan fingerprint density at radius 1 is 1.33 bits per heavy atom. The molecule has 1 aliphatic heterocycles. The minimum Gasteiger partial charge on any atom is -0.506 e. The van der Waals surface area contributed by atoms with Crippen molar-refractivity contribution in [3.63, 3.8) is 0 Å². The zero-order valence-electron chi connectivity index (χ0n) is 13.2. The van der Waals surface area contributed by atoms with Gasteiger partial charge in [0.15, 0.2) is 0 Å².